The number of benzene rings is 1. The highest BCUT2D eigenvalue weighted by atomic mass is 32.2. The Labute approximate surface area is 177 Å². The molecule has 0 unspecified atom stereocenters. The van der Waals surface area contributed by atoms with Crippen molar-refractivity contribution in [1.29, 1.82) is 0 Å². The molecule has 0 radical (unpaired) electrons. The predicted octanol–water partition coefficient (Wildman–Crippen LogP) is 3.93. The third-order valence-electron chi connectivity index (χ3n) is 4.23. The summed E-state index contributed by atoms with van der Waals surface area (Å²) >= 11 is 2.68. The van der Waals surface area contributed by atoms with Gasteiger partial charge in [-0.1, -0.05) is 42.4 Å². The zero-order valence-corrected chi connectivity index (χ0v) is 18.3. The first-order valence-corrected chi connectivity index (χ1v) is 10.8. The van der Waals surface area contributed by atoms with E-state index in [4.69, 9.17) is 4.74 Å². The number of amides is 1. The minimum atomic E-state index is -0.458. The molecule has 2 heterocycles. The summed E-state index contributed by atoms with van der Waals surface area (Å²) in [6.07, 6.45) is 0.778. The van der Waals surface area contributed by atoms with E-state index in [1.807, 2.05) is 49.7 Å². The van der Waals surface area contributed by atoms with E-state index in [-0.39, 0.29) is 11.7 Å². The smallest absolute Gasteiger partial charge is 0.340 e. The van der Waals surface area contributed by atoms with Crippen LogP contribution in [0, 0.1) is 6.92 Å². The molecule has 0 atom stereocenters. The van der Waals surface area contributed by atoms with Crippen LogP contribution in [-0.2, 0) is 23.0 Å². The summed E-state index contributed by atoms with van der Waals surface area (Å²) < 4.78 is 6.67. The van der Waals surface area contributed by atoms with Crippen LogP contribution in [0.1, 0.15) is 27.7 Å². The number of ether oxygens (including phenoxy) is 1. The Morgan fingerprint density at radius 2 is 2.07 bits per heavy atom. The molecular formula is C20H22N4O3S2. The maximum atomic E-state index is 12.4. The van der Waals surface area contributed by atoms with Gasteiger partial charge in [0, 0.05) is 17.5 Å². The van der Waals surface area contributed by atoms with Crippen molar-refractivity contribution in [1.82, 2.24) is 14.8 Å². The fourth-order valence-corrected chi connectivity index (χ4v) is 4.45. The van der Waals surface area contributed by atoms with Crippen LogP contribution in [-0.4, -0.2) is 39.5 Å². The molecular weight excluding hydrogens is 408 g/mol. The molecule has 29 heavy (non-hydrogen) atoms. The Morgan fingerprint density at radius 3 is 2.76 bits per heavy atom. The van der Waals surface area contributed by atoms with E-state index < -0.39 is 5.97 Å². The number of thiophene rings is 1. The third kappa shape index (κ3) is 4.86. The molecule has 0 aliphatic carbocycles. The molecule has 1 aromatic carbocycles. The molecule has 0 saturated heterocycles. The highest BCUT2D eigenvalue weighted by molar-refractivity contribution is 7.99. The number of aryl methyl sites for hydroxylation is 2. The van der Waals surface area contributed by atoms with Gasteiger partial charge in [-0.25, -0.2) is 4.79 Å². The maximum absolute atomic E-state index is 12.4. The van der Waals surface area contributed by atoms with Crippen molar-refractivity contribution in [3.63, 3.8) is 0 Å². The second-order valence-corrected chi connectivity index (χ2v) is 8.45. The van der Waals surface area contributed by atoms with E-state index in [2.05, 4.69) is 15.5 Å². The van der Waals surface area contributed by atoms with Crippen LogP contribution < -0.4 is 5.32 Å². The molecule has 0 spiro atoms. The lowest BCUT2D eigenvalue weighted by molar-refractivity contribution is -0.113. The van der Waals surface area contributed by atoms with E-state index >= 15 is 0 Å². The number of nitrogens with zero attached hydrogens (tertiary/aromatic N) is 3. The normalized spacial score (nSPS) is 10.8. The number of anilines is 1. The predicted molar refractivity (Wildman–Crippen MR) is 116 cm³/mol. The highest BCUT2D eigenvalue weighted by Gasteiger charge is 2.19. The van der Waals surface area contributed by atoms with Crippen molar-refractivity contribution < 1.29 is 14.3 Å². The summed E-state index contributed by atoms with van der Waals surface area (Å²) in [5.74, 6) is 0.222. The summed E-state index contributed by atoms with van der Waals surface area (Å²) in [6, 6.07) is 9.79. The van der Waals surface area contributed by atoms with Crippen molar-refractivity contribution in [2.45, 2.75) is 25.4 Å². The number of carbonyl (C=O) groups excluding carboxylic acids is 2. The fourth-order valence-electron chi connectivity index (χ4n) is 2.74. The number of thioether (sulfide) groups is 1. The molecule has 3 rings (SSSR count). The van der Waals surface area contributed by atoms with E-state index in [9.17, 15) is 9.59 Å². The summed E-state index contributed by atoms with van der Waals surface area (Å²) in [7, 11) is 3.20. The van der Waals surface area contributed by atoms with Gasteiger partial charge in [0.25, 0.3) is 0 Å². The number of rotatable bonds is 7. The zero-order chi connectivity index (χ0) is 21.0. The average molecular weight is 431 g/mol. The van der Waals surface area contributed by atoms with E-state index in [0.29, 0.717) is 15.7 Å². The monoisotopic (exact) mass is 430 g/mol. The number of methoxy groups -OCH3 is 1. The lowest BCUT2D eigenvalue weighted by Gasteiger charge is -2.06. The summed E-state index contributed by atoms with van der Waals surface area (Å²) in [5, 5.41) is 12.4. The van der Waals surface area contributed by atoms with Crippen molar-refractivity contribution in [3.8, 4) is 11.4 Å². The molecule has 9 heteroatoms. The summed E-state index contributed by atoms with van der Waals surface area (Å²) in [5.41, 5.74) is 2.50. The molecule has 0 saturated carbocycles. The van der Waals surface area contributed by atoms with Gasteiger partial charge in [0.15, 0.2) is 11.0 Å². The SMILES string of the molecule is CCc1cc(C(=O)OC)c(NC(=O)CSc2nnc(-c3cccc(C)c3)n2C)s1. The number of nitrogens with one attached hydrogen (secondary N) is 1. The van der Waals surface area contributed by atoms with Gasteiger partial charge in [-0.15, -0.1) is 21.5 Å². The fraction of sp³-hybridized carbons (Fsp3) is 0.300. The lowest BCUT2D eigenvalue weighted by atomic mass is 10.1. The van der Waals surface area contributed by atoms with Gasteiger partial charge in [-0.2, -0.15) is 0 Å². The maximum Gasteiger partial charge on any atom is 0.340 e. The van der Waals surface area contributed by atoms with Gasteiger partial charge in [0.1, 0.15) is 5.00 Å². The van der Waals surface area contributed by atoms with Crippen LogP contribution in [0.4, 0.5) is 5.00 Å². The number of esters is 1. The first-order valence-electron chi connectivity index (χ1n) is 9.03. The van der Waals surface area contributed by atoms with Crippen LogP contribution in [0.25, 0.3) is 11.4 Å². The Morgan fingerprint density at radius 1 is 1.28 bits per heavy atom. The van der Waals surface area contributed by atoms with Gasteiger partial charge < -0.3 is 14.6 Å². The Hall–Kier alpha value is -2.65. The number of aromatic nitrogens is 3. The molecule has 2 aromatic heterocycles. The van der Waals surface area contributed by atoms with Gasteiger partial charge >= 0.3 is 5.97 Å². The standard InChI is InChI=1S/C20H22N4O3S2/c1-5-14-10-15(19(26)27-4)18(29-14)21-16(25)11-28-20-23-22-17(24(20)3)13-8-6-7-12(2)9-13/h6-10H,5,11H2,1-4H3,(H,21,25). The van der Waals surface area contributed by atoms with Crippen molar-refractivity contribution in [3.05, 3.63) is 46.3 Å². The molecule has 0 fully saturated rings. The molecule has 7 nitrogen and oxygen atoms in total. The number of hydrogen-bond donors (Lipinski definition) is 1. The van der Waals surface area contributed by atoms with E-state index in [1.165, 1.54) is 30.2 Å². The van der Waals surface area contributed by atoms with Crippen molar-refractivity contribution >= 4 is 40.0 Å². The molecule has 152 valence electrons. The first-order chi connectivity index (χ1) is 13.9. The molecule has 1 N–H and O–H groups in total. The largest absolute Gasteiger partial charge is 0.465 e. The van der Waals surface area contributed by atoms with Gasteiger partial charge in [-0.3, -0.25) is 4.79 Å². The van der Waals surface area contributed by atoms with Crippen LogP contribution >= 0.6 is 23.1 Å². The Balaban J connectivity index is 1.68. The van der Waals surface area contributed by atoms with Gasteiger partial charge in [0.2, 0.25) is 5.91 Å². The Kier molecular flexibility index (Phi) is 6.71. The molecule has 0 bridgehead atoms. The summed E-state index contributed by atoms with van der Waals surface area (Å²) in [4.78, 5) is 25.4. The second-order valence-electron chi connectivity index (χ2n) is 6.37. The summed E-state index contributed by atoms with van der Waals surface area (Å²) in [6.45, 7) is 4.02. The molecule has 0 aliphatic rings. The first kappa shape index (κ1) is 21.1. The minimum absolute atomic E-state index is 0.153. The number of carbonyl (C=O) groups is 2. The minimum Gasteiger partial charge on any atom is -0.465 e. The Bertz CT molecular complexity index is 1040. The van der Waals surface area contributed by atoms with Crippen LogP contribution in [0.5, 0.6) is 0 Å². The van der Waals surface area contributed by atoms with Gasteiger partial charge in [-0.05, 0) is 25.5 Å². The van der Waals surface area contributed by atoms with Crippen LogP contribution in [0.15, 0.2) is 35.5 Å². The van der Waals surface area contributed by atoms with Gasteiger partial charge in [0.05, 0.1) is 18.4 Å². The van der Waals surface area contributed by atoms with Crippen LogP contribution in [0.2, 0.25) is 0 Å². The average Bonchev–Trinajstić information content (AvgIpc) is 3.29. The van der Waals surface area contributed by atoms with E-state index in [1.54, 1.807) is 6.07 Å². The molecule has 3 aromatic rings. The van der Waals surface area contributed by atoms with Crippen molar-refractivity contribution in [2.24, 2.45) is 7.05 Å². The number of hydrogen-bond acceptors (Lipinski definition) is 7. The zero-order valence-electron chi connectivity index (χ0n) is 16.7. The van der Waals surface area contributed by atoms with Crippen molar-refractivity contribution in [2.75, 3.05) is 18.2 Å². The topological polar surface area (TPSA) is 86.1 Å². The quantitative estimate of drug-likeness (QED) is 0.451. The highest BCUT2D eigenvalue weighted by Crippen LogP contribution is 2.30. The third-order valence-corrected chi connectivity index (χ3v) is 6.45. The van der Waals surface area contributed by atoms with Crippen LogP contribution in [0.3, 0.4) is 0 Å². The second kappa shape index (κ2) is 9.23. The molecule has 1 amide bonds. The molecule has 0 aliphatic heterocycles. The van der Waals surface area contributed by atoms with E-state index in [0.717, 1.165) is 28.2 Å². The lowest BCUT2D eigenvalue weighted by Crippen LogP contribution is -2.16.